The molecular weight excluding hydrogens is 1840 g/mol. The smallest absolute Gasteiger partial charge is 0.297 e. The second-order valence-electron chi connectivity index (χ2n) is 34.1. The summed E-state index contributed by atoms with van der Waals surface area (Å²) >= 11 is 0. The average molecular weight is 1980 g/mol. The molecule has 0 aliphatic heterocycles. The third-order valence-electron chi connectivity index (χ3n) is 23.1. The number of hydrogen-bond acceptors (Lipinski definition) is 17. The van der Waals surface area contributed by atoms with Gasteiger partial charge in [0, 0.05) is 25.0 Å². The standard InChI is InChI=1S/2C31H36N2O3S.2C17H22O4S.C15H17N.CH4.2ClH/c1-24-16-18-29(19-17-24)37(34,35)33-31(28-14-7-4-8-15-28)30(27-12-5-3-6-13-27)32-20-21-36-23-26-11-9-10-25(2)22-26;1-24-13-17-26(18-14-24)23-36-22-21-32-30(27-9-5-3-6-10-27)31(28-11-7-4-8-12-28)33-37(34,35)29-19-15-25(2)16-20-29;1-14-3-7-16(8-4-14)13-20-11-12-21-22(18,19)17-9-5-15(2)6-10-17;1-14-6-8-17(9-7-14)22(18,19)21-11-10-20-13-16-5-3-4-15(2)12-16;1-12(13-8-4-2-5-9-13)15(16)14-10-6-3-7-11-14;;;/h3-8,10-19,30-33H,9,20-23H2,1-2H3;3-13,15-16,18-20,30-33H,14,17,21-23H2,1-2H3;3,5-6,8-10H,4,7,11-13H2,1-2H3;4-9H,3,10-13H2,1-2H3;2-12,15H,16H2,1H3;1H4;2*1H/t2*30-,31-;;;12-,15+;;;/m11..1.../s1. The van der Waals surface area contributed by atoms with Crippen LogP contribution < -0.4 is 25.8 Å². The molecule has 0 aromatic heterocycles. The van der Waals surface area contributed by atoms with E-state index in [-0.39, 0.29) is 96.4 Å². The number of rotatable bonds is 41. The monoisotopic (exact) mass is 1980 g/mol. The first-order chi connectivity index (χ1) is 64.6. The van der Waals surface area contributed by atoms with Crippen molar-refractivity contribution in [2.45, 2.75) is 177 Å². The second-order valence-corrected chi connectivity index (χ2v) is 40.8. The average Bonchev–Trinajstić information content (AvgIpc) is 0.800. The number of allylic oxidation sites excluding steroid dienone is 12. The van der Waals surface area contributed by atoms with Gasteiger partial charge in [-0.2, -0.15) is 16.8 Å². The molecule has 14 rings (SSSR count). The molecule has 4 aliphatic rings. The van der Waals surface area contributed by atoms with Crippen molar-refractivity contribution in [1.29, 1.82) is 0 Å². The summed E-state index contributed by atoms with van der Waals surface area (Å²) in [6.45, 7) is 23.4. The molecule has 0 fully saturated rings. The molecule has 0 amide bonds. The van der Waals surface area contributed by atoms with Gasteiger partial charge in [-0.1, -0.05) is 338 Å². The van der Waals surface area contributed by atoms with Gasteiger partial charge in [0.2, 0.25) is 20.0 Å². The maximum absolute atomic E-state index is 13.5. The summed E-state index contributed by atoms with van der Waals surface area (Å²) in [6, 6.07) is 85.5. The Hall–Kier alpha value is -9.94. The van der Waals surface area contributed by atoms with Crippen molar-refractivity contribution in [3.05, 3.63) is 428 Å². The van der Waals surface area contributed by atoms with E-state index in [0.717, 1.165) is 95.9 Å². The first-order valence-corrected chi connectivity index (χ1v) is 51.6. The maximum Gasteiger partial charge on any atom is 0.297 e. The number of nitrogens with one attached hydrogen (secondary N) is 4. The molecule has 4 aliphatic carbocycles. The molecule has 6 atom stereocenters. The minimum Gasteiger partial charge on any atom is -0.376 e. The third kappa shape index (κ3) is 39.3. The fourth-order valence-electron chi connectivity index (χ4n) is 15.2. The summed E-state index contributed by atoms with van der Waals surface area (Å²) < 4.78 is 141. The summed E-state index contributed by atoms with van der Waals surface area (Å²) in [4.78, 5) is 0.848. The Morgan fingerprint density at radius 1 is 0.292 bits per heavy atom. The Morgan fingerprint density at radius 3 is 0.869 bits per heavy atom. The van der Waals surface area contributed by atoms with Crippen molar-refractivity contribution in [3.8, 4) is 0 Å². The van der Waals surface area contributed by atoms with Crippen LogP contribution in [0.2, 0.25) is 0 Å². The van der Waals surface area contributed by atoms with Gasteiger partial charge in [0.1, 0.15) is 0 Å². The SMILES string of the molecule is C.CC1=CCC(COCCN[C@H](c2ccccc2)[C@H](NS(=O)(=O)c2ccc(C)cc2)c2ccccc2)=CC1.CC1=CCC(COCCOS(=O)(=O)c2ccc(C)cc2)=CC1.CC1=CCC=C(COCCN[C@H](c2ccccc2)[C@H](NS(=O)(=O)c2ccc(C)cc2)c2ccccc2)C1.CC1=CCC=C(COCCOS(=O)(=O)c2ccc(C)cc2)C1.C[C@H](c1ccccc1)[C@H](N)c1ccccc1.Cl.Cl. The topological polar surface area (TPSA) is 266 Å². The molecule has 0 heterocycles. The lowest BCUT2D eigenvalue weighted by Gasteiger charge is -2.30. The number of ether oxygens (including phenoxy) is 4. The van der Waals surface area contributed by atoms with Crippen molar-refractivity contribution in [2.24, 2.45) is 5.73 Å². The van der Waals surface area contributed by atoms with Gasteiger partial charge < -0.3 is 35.3 Å². The van der Waals surface area contributed by atoms with Crippen molar-refractivity contribution in [1.82, 2.24) is 20.1 Å². The Bertz CT molecular complexity index is 5980. The van der Waals surface area contributed by atoms with Crippen LogP contribution in [-0.2, 0) is 67.6 Å². The van der Waals surface area contributed by atoms with E-state index >= 15 is 0 Å². The van der Waals surface area contributed by atoms with Crippen LogP contribution in [0.15, 0.2) is 392 Å². The van der Waals surface area contributed by atoms with Crippen LogP contribution in [-0.4, -0.2) is 113 Å². The van der Waals surface area contributed by atoms with Crippen molar-refractivity contribution >= 4 is 65.1 Å². The van der Waals surface area contributed by atoms with Gasteiger partial charge in [0.25, 0.3) is 20.2 Å². The van der Waals surface area contributed by atoms with Crippen LogP contribution in [0, 0.1) is 27.7 Å². The number of aryl methyl sites for hydroxylation is 4. The van der Waals surface area contributed by atoms with Gasteiger partial charge in [-0.3, -0.25) is 8.37 Å². The lowest BCUT2D eigenvalue weighted by molar-refractivity contribution is 0.117. The predicted molar refractivity (Wildman–Crippen MR) is 561 cm³/mol. The molecule has 0 unspecified atom stereocenters. The summed E-state index contributed by atoms with van der Waals surface area (Å²) in [7, 11) is -14.9. The Labute approximate surface area is 829 Å². The van der Waals surface area contributed by atoms with Gasteiger partial charge in [-0.25, -0.2) is 26.3 Å². The molecule has 137 heavy (non-hydrogen) atoms. The van der Waals surface area contributed by atoms with Crippen LogP contribution in [0.1, 0.15) is 185 Å². The molecular formula is C112H139Cl2N5O14S4. The van der Waals surface area contributed by atoms with E-state index in [2.05, 4.69) is 140 Å². The van der Waals surface area contributed by atoms with Crippen molar-refractivity contribution in [3.63, 3.8) is 0 Å². The molecule has 19 nitrogen and oxygen atoms in total. The van der Waals surface area contributed by atoms with E-state index in [4.69, 9.17) is 33.0 Å². The third-order valence-corrected chi connectivity index (χ3v) is 28.7. The van der Waals surface area contributed by atoms with Crippen LogP contribution >= 0.6 is 24.8 Å². The molecule has 0 saturated heterocycles. The zero-order chi connectivity index (χ0) is 95.6. The van der Waals surface area contributed by atoms with Crippen LogP contribution in [0.3, 0.4) is 0 Å². The Balaban J connectivity index is 0.000000240. The Morgan fingerprint density at radius 2 is 0.569 bits per heavy atom. The summed E-state index contributed by atoms with van der Waals surface area (Å²) in [5, 5.41) is 7.16. The fourth-order valence-corrected chi connectivity index (χ4v) is 19.5. The van der Waals surface area contributed by atoms with E-state index < -0.39 is 52.4 Å². The maximum atomic E-state index is 13.5. The van der Waals surface area contributed by atoms with Crippen LogP contribution in [0.25, 0.3) is 0 Å². The number of halogens is 2. The highest BCUT2D eigenvalue weighted by Gasteiger charge is 2.32. The first-order valence-electron chi connectivity index (χ1n) is 45.9. The molecule has 0 bridgehead atoms. The molecule has 25 heteroatoms. The lowest BCUT2D eigenvalue weighted by Crippen LogP contribution is -2.39. The zero-order valence-corrected chi connectivity index (χ0v) is 84.4. The Kier molecular flexibility index (Phi) is 49.5. The number of hydrogen-bond donors (Lipinski definition) is 5. The minimum absolute atomic E-state index is 0. The van der Waals surface area contributed by atoms with Gasteiger partial charge in [0.15, 0.2) is 0 Å². The molecule has 10 aromatic carbocycles. The molecule has 6 N–H and O–H groups in total. The quantitative estimate of drug-likeness (QED) is 0.0135. The van der Waals surface area contributed by atoms with Crippen LogP contribution in [0.5, 0.6) is 0 Å². The highest BCUT2D eigenvalue weighted by atomic mass is 35.5. The van der Waals surface area contributed by atoms with E-state index in [1.807, 2.05) is 198 Å². The van der Waals surface area contributed by atoms with E-state index in [1.54, 1.807) is 72.8 Å². The lowest BCUT2D eigenvalue weighted by atomic mass is 9.89. The minimum atomic E-state index is -3.77. The van der Waals surface area contributed by atoms with Crippen LogP contribution in [0.4, 0.5) is 0 Å². The molecule has 0 saturated carbocycles. The predicted octanol–water partition coefficient (Wildman–Crippen LogP) is 23.8. The molecule has 0 radical (unpaired) electrons. The van der Waals surface area contributed by atoms with Crippen molar-refractivity contribution < 1.29 is 61.0 Å². The number of sulfonamides is 2. The van der Waals surface area contributed by atoms with Gasteiger partial charge in [-0.15, -0.1) is 24.8 Å². The summed E-state index contributed by atoms with van der Waals surface area (Å²) in [5.41, 5.74) is 27.1. The number of nitrogens with two attached hydrogens (primary N) is 1. The van der Waals surface area contributed by atoms with E-state index in [0.29, 0.717) is 58.6 Å². The van der Waals surface area contributed by atoms with Gasteiger partial charge in [-0.05, 0) is 211 Å². The molecule has 0 spiro atoms. The zero-order valence-electron chi connectivity index (χ0n) is 79.5. The second kappa shape index (κ2) is 59.5. The number of benzene rings is 10. The highest BCUT2D eigenvalue weighted by Crippen LogP contribution is 2.35. The van der Waals surface area contributed by atoms with E-state index in [1.165, 1.54) is 55.7 Å². The first kappa shape index (κ1) is 114. The molecule has 734 valence electrons. The van der Waals surface area contributed by atoms with E-state index in [9.17, 15) is 33.7 Å². The molecule has 10 aromatic rings. The summed E-state index contributed by atoms with van der Waals surface area (Å²) in [5.74, 6) is 0.337. The highest BCUT2D eigenvalue weighted by molar-refractivity contribution is 7.90. The largest absolute Gasteiger partial charge is 0.376 e. The summed E-state index contributed by atoms with van der Waals surface area (Å²) in [6.07, 6.45) is 25.3. The van der Waals surface area contributed by atoms with Gasteiger partial charge in [0.05, 0.1) is 110 Å². The van der Waals surface area contributed by atoms with Crippen molar-refractivity contribution in [2.75, 3.05) is 79.2 Å². The van der Waals surface area contributed by atoms with Gasteiger partial charge >= 0.3 is 0 Å². The fraction of sp³-hybridized carbons (Fsp3) is 0.321. The normalized spacial score (nSPS) is 15.0.